The molecule has 2 amide bonds. The van der Waals surface area contributed by atoms with Crippen LogP contribution in [0.15, 0.2) is 11.8 Å². The largest absolute Gasteiger partial charge is 0.364 e. The zero-order valence-electron chi connectivity index (χ0n) is 7.55. The van der Waals surface area contributed by atoms with Crippen molar-refractivity contribution < 1.29 is 9.59 Å². The fourth-order valence-corrected chi connectivity index (χ4v) is 0.708. The number of hydrogen-bond donors (Lipinski definition) is 2. The fourth-order valence-electron chi connectivity index (χ4n) is 0.708. The summed E-state index contributed by atoms with van der Waals surface area (Å²) in [4.78, 5) is 21.3. The first-order chi connectivity index (χ1) is 5.43. The lowest BCUT2D eigenvalue weighted by atomic mass is 10.2. The van der Waals surface area contributed by atoms with Crippen LogP contribution in [0.25, 0.3) is 0 Å². The second kappa shape index (κ2) is 4.54. The third kappa shape index (κ3) is 4.49. The molecule has 0 radical (unpaired) electrons. The smallest absolute Gasteiger partial charge is 0.264 e. The Kier molecular flexibility index (Phi) is 4.04. The van der Waals surface area contributed by atoms with Gasteiger partial charge in [-0.05, 0) is 5.92 Å². The third-order valence-electron chi connectivity index (χ3n) is 1.08. The maximum Gasteiger partial charge on any atom is 0.264 e. The molecule has 12 heavy (non-hydrogen) atoms. The number of rotatable bonds is 3. The highest BCUT2D eigenvalue weighted by Crippen LogP contribution is 1.98. The van der Waals surface area contributed by atoms with Crippen molar-refractivity contribution in [3.05, 3.63) is 11.8 Å². The third-order valence-corrected chi connectivity index (χ3v) is 1.08. The standard InChI is InChI=1S/C8H14N2O2/c1-5(2)4-7(8(9)12)10-6(3)11/h4-5H,1-3H3,(H2,9,12)(H,10,11)/b7-4+. The lowest BCUT2D eigenvalue weighted by Gasteiger charge is -2.04. The van der Waals surface area contributed by atoms with Crippen molar-refractivity contribution >= 4 is 11.8 Å². The molecule has 0 aromatic rings. The number of carbonyl (C=O) groups is 2. The number of amides is 2. The molecule has 0 fully saturated rings. The molecule has 0 saturated heterocycles. The van der Waals surface area contributed by atoms with Crippen LogP contribution < -0.4 is 11.1 Å². The molecule has 0 aromatic carbocycles. The average Bonchev–Trinajstić information content (AvgIpc) is 1.83. The maximum absolute atomic E-state index is 10.7. The van der Waals surface area contributed by atoms with Gasteiger partial charge in [0, 0.05) is 6.92 Å². The Morgan fingerprint density at radius 1 is 1.42 bits per heavy atom. The van der Waals surface area contributed by atoms with Gasteiger partial charge in [-0.15, -0.1) is 0 Å². The van der Waals surface area contributed by atoms with E-state index in [9.17, 15) is 9.59 Å². The molecule has 0 saturated carbocycles. The van der Waals surface area contributed by atoms with E-state index in [0.717, 1.165) is 0 Å². The number of primary amides is 1. The summed E-state index contributed by atoms with van der Waals surface area (Å²) in [5.74, 6) is -0.723. The van der Waals surface area contributed by atoms with Crippen molar-refractivity contribution in [2.45, 2.75) is 20.8 Å². The van der Waals surface area contributed by atoms with Crippen LogP contribution in [-0.2, 0) is 9.59 Å². The van der Waals surface area contributed by atoms with Crippen molar-refractivity contribution in [2.24, 2.45) is 11.7 Å². The molecule has 0 spiro atoms. The van der Waals surface area contributed by atoms with Crippen LogP contribution >= 0.6 is 0 Å². The summed E-state index contributed by atoms with van der Waals surface area (Å²) < 4.78 is 0. The molecule has 0 rings (SSSR count). The van der Waals surface area contributed by atoms with Crippen LogP contribution in [0.3, 0.4) is 0 Å². The summed E-state index contributed by atoms with van der Waals surface area (Å²) in [5, 5.41) is 2.36. The predicted molar refractivity (Wildman–Crippen MR) is 45.9 cm³/mol. The lowest BCUT2D eigenvalue weighted by Crippen LogP contribution is -2.29. The van der Waals surface area contributed by atoms with E-state index in [0.29, 0.717) is 0 Å². The zero-order chi connectivity index (χ0) is 9.72. The SMILES string of the molecule is CC(=O)N/C(=C/C(C)C)C(N)=O. The molecule has 3 N–H and O–H groups in total. The molecular formula is C8H14N2O2. The van der Waals surface area contributed by atoms with Gasteiger partial charge in [0.15, 0.2) is 0 Å². The summed E-state index contributed by atoms with van der Waals surface area (Å²) in [6.07, 6.45) is 1.61. The van der Waals surface area contributed by atoms with Gasteiger partial charge < -0.3 is 11.1 Å². The van der Waals surface area contributed by atoms with Gasteiger partial charge in [-0.3, -0.25) is 9.59 Å². The summed E-state index contributed by atoms with van der Waals surface area (Å²) in [6, 6.07) is 0. The first kappa shape index (κ1) is 10.7. The van der Waals surface area contributed by atoms with Crippen molar-refractivity contribution in [2.75, 3.05) is 0 Å². The van der Waals surface area contributed by atoms with Crippen LogP contribution in [0.2, 0.25) is 0 Å². The van der Waals surface area contributed by atoms with E-state index in [-0.39, 0.29) is 17.5 Å². The van der Waals surface area contributed by atoms with Gasteiger partial charge >= 0.3 is 0 Å². The zero-order valence-corrected chi connectivity index (χ0v) is 7.55. The summed E-state index contributed by atoms with van der Waals surface area (Å²) >= 11 is 0. The molecular weight excluding hydrogens is 156 g/mol. The molecule has 0 aliphatic heterocycles. The van der Waals surface area contributed by atoms with Gasteiger partial charge in [0.25, 0.3) is 5.91 Å². The molecule has 0 heterocycles. The number of carbonyl (C=O) groups excluding carboxylic acids is 2. The Hall–Kier alpha value is -1.32. The minimum Gasteiger partial charge on any atom is -0.364 e. The Balaban J connectivity index is 4.44. The number of allylic oxidation sites excluding steroid dienone is 1. The van der Waals surface area contributed by atoms with Crippen LogP contribution in [0, 0.1) is 5.92 Å². The predicted octanol–water partition coefficient (Wildman–Crippen LogP) is 0.148. The van der Waals surface area contributed by atoms with Crippen LogP contribution in [0.1, 0.15) is 20.8 Å². The number of nitrogens with one attached hydrogen (secondary N) is 1. The molecule has 0 unspecified atom stereocenters. The number of hydrogen-bond acceptors (Lipinski definition) is 2. The Morgan fingerprint density at radius 3 is 2.17 bits per heavy atom. The highest BCUT2D eigenvalue weighted by Gasteiger charge is 2.06. The van der Waals surface area contributed by atoms with E-state index in [1.807, 2.05) is 13.8 Å². The normalized spacial score (nSPS) is 11.5. The van der Waals surface area contributed by atoms with Crippen LogP contribution in [0.5, 0.6) is 0 Å². The molecule has 0 atom stereocenters. The fraction of sp³-hybridized carbons (Fsp3) is 0.500. The Labute approximate surface area is 71.8 Å². The van der Waals surface area contributed by atoms with Crippen LogP contribution in [-0.4, -0.2) is 11.8 Å². The maximum atomic E-state index is 10.7. The topological polar surface area (TPSA) is 72.2 Å². The molecule has 0 aliphatic carbocycles. The molecule has 0 bridgehead atoms. The first-order valence-corrected chi connectivity index (χ1v) is 3.72. The Morgan fingerprint density at radius 2 is 1.92 bits per heavy atom. The second-order valence-corrected chi connectivity index (χ2v) is 2.87. The molecule has 4 nitrogen and oxygen atoms in total. The van der Waals surface area contributed by atoms with E-state index in [4.69, 9.17) is 5.73 Å². The van der Waals surface area contributed by atoms with E-state index >= 15 is 0 Å². The first-order valence-electron chi connectivity index (χ1n) is 3.72. The van der Waals surface area contributed by atoms with E-state index in [1.165, 1.54) is 6.92 Å². The Bertz CT molecular complexity index is 219. The molecule has 4 heteroatoms. The van der Waals surface area contributed by atoms with Crippen molar-refractivity contribution in [1.82, 2.24) is 5.32 Å². The van der Waals surface area contributed by atoms with Gasteiger partial charge in [-0.25, -0.2) is 0 Å². The average molecular weight is 170 g/mol. The molecule has 0 aliphatic rings. The van der Waals surface area contributed by atoms with Crippen molar-refractivity contribution in [1.29, 1.82) is 0 Å². The summed E-state index contributed by atoms with van der Waals surface area (Å²) in [6.45, 7) is 5.12. The highest BCUT2D eigenvalue weighted by atomic mass is 16.2. The minimum atomic E-state index is -0.612. The summed E-state index contributed by atoms with van der Waals surface area (Å²) in [5.41, 5.74) is 5.18. The number of nitrogens with two attached hydrogens (primary N) is 1. The van der Waals surface area contributed by atoms with E-state index in [1.54, 1.807) is 6.08 Å². The van der Waals surface area contributed by atoms with Crippen molar-refractivity contribution in [3.63, 3.8) is 0 Å². The second-order valence-electron chi connectivity index (χ2n) is 2.87. The van der Waals surface area contributed by atoms with Gasteiger partial charge in [0.05, 0.1) is 0 Å². The minimum absolute atomic E-state index is 0.164. The quantitative estimate of drug-likeness (QED) is 0.592. The van der Waals surface area contributed by atoms with Gasteiger partial charge in [-0.2, -0.15) is 0 Å². The van der Waals surface area contributed by atoms with Crippen molar-refractivity contribution in [3.8, 4) is 0 Å². The highest BCUT2D eigenvalue weighted by molar-refractivity contribution is 5.95. The van der Waals surface area contributed by atoms with Gasteiger partial charge in [0.1, 0.15) is 5.70 Å². The molecule has 0 aromatic heterocycles. The van der Waals surface area contributed by atoms with E-state index in [2.05, 4.69) is 5.32 Å². The van der Waals surface area contributed by atoms with Crippen LogP contribution in [0.4, 0.5) is 0 Å². The monoisotopic (exact) mass is 170 g/mol. The van der Waals surface area contributed by atoms with Gasteiger partial charge in [-0.1, -0.05) is 19.9 Å². The van der Waals surface area contributed by atoms with E-state index < -0.39 is 5.91 Å². The van der Waals surface area contributed by atoms with Gasteiger partial charge in [0.2, 0.25) is 5.91 Å². The lowest BCUT2D eigenvalue weighted by molar-refractivity contribution is -0.121. The molecule has 68 valence electrons. The summed E-state index contributed by atoms with van der Waals surface area (Å²) in [7, 11) is 0.